The van der Waals surface area contributed by atoms with Crippen LogP contribution in [0.25, 0.3) is 10.9 Å². The molecule has 0 saturated carbocycles. The number of nitrogens with zero attached hydrogens (tertiary/aromatic N) is 2. The number of thiophene rings is 1. The van der Waals surface area contributed by atoms with Gasteiger partial charge in [-0.05, 0) is 58.0 Å². The maximum Gasteiger partial charge on any atom is 0.256 e. The molecule has 3 rings (SSSR count). The third-order valence-electron chi connectivity index (χ3n) is 4.74. The van der Waals surface area contributed by atoms with Gasteiger partial charge in [-0.25, -0.2) is 0 Å². The Balaban J connectivity index is 1.78. The molecule has 2 amide bonds. The van der Waals surface area contributed by atoms with Crippen LogP contribution in [-0.4, -0.2) is 34.4 Å². The van der Waals surface area contributed by atoms with Crippen molar-refractivity contribution in [2.45, 2.75) is 34.2 Å². The Morgan fingerprint density at radius 1 is 1.11 bits per heavy atom. The zero-order valence-electron chi connectivity index (χ0n) is 16.2. The fourth-order valence-electron chi connectivity index (χ4n) is 3.29. The van der Waals surface area contributed by atoms with Crippen LogP contribution in [0.3, 0.4) is 0 Å². The molecule has 2 heterocycles. The Morgan fingerprint density at radius 3 is 2.48 bits per heavy atom. The van der Waals surface area contributed by atoms with Gasteiger partial charge in [-0.2, -0.15) is 0 Å². The summed E-state index contributed by atoms with van der Waals surface area (Å²) in [5.74, 6) is 0.0190. The average molecular weight is 384 g/mol. The number of fused-ring (bicyclic) bond motifs is 1. The summed E-state index contributed by atoms with van der Waals surface area (Å²) in [6.07, 6.45) is 1.92. The maximum atomic E-state index is 12.5. The molecule has 0 unspecified atom stereocenters. The molecule has 2 aromatic heterocycles. The van der Waals surface area contributed by atoms with Gasteiger partial charge in [0, 0.05) is 45.6 Å². The third kappa shape index (κ3) is 4.06. The predicted molar refractivity (Wildman–Crippen MR) is 112 cm³/mol. The standard InChI is InChI=1S/C21H25N3O2S/c1-5-23(6-2)20(25)13-24-10-9-16-12-17(7-8-19(16)24)22-21(26)18-11-14(3)27-15(18)4/h7-12H,5-6,13H2,1-4H3,(H,22,26). The van der Waals surface area contributed by atoms with E-state index < -0.39 is 0 Å². The molecule has 1 N–H and O–H groups in total. The molecule has 1 aromatic carbocycles. The van der Waals surface area contributed by atoms with Crippen molar-refractivity contribution >= 4 is 39.7 Å². The van der Waals surface area contributed by atoms with E-state index in [1.807, 2.05) is 73.7 Å². The molecule has 27 heavy (non-hydrogen) atoms. The van der Waals surface area contributed by atoms with E-state index in [2.05, 4.69) is 5.32 Å². The van der Waals surface area contributed by atoms with Crippen LogP contribution in [0.1, 0.15) is 34.0 Å². The molecule has 0 saturated heterocycles. The molecule has 0 aliphatic heterocycles. The molecule has 142 valence electrons. The second-order valence-electron chi connectivity index (χ2n) is 6.56. The first-order valence-corrected chi connectivity index (χ1v) is 9.99. The summed E-state index contributed by atoms with van der Waals surface area (Å²) in [7, 11) is 0. The molecule has 0 spiro atoms. The van der Waals surface area contributed by atoms with Crippen LogP contribution in [-0.2, 0) is 11.3 Å². The minimum atomic E-state index is -0.0904. The number of rotatable bonds is 6. The number of benzene rings is 1. The summed E-state index contributed by atoms with van der Waals surface area (Å²) in [5.41, 5.74) is 2.46. The number of nitrogens with one attached hydrogen (secondary N) is 1. The van der Waals surface area contributed by atoms with E-state index in [9.17, 15) is 9.59 Å². The van der Waals surface area contributed by atoms with Crippen molar-refractivity contribution in [2.24, 2.45) is 0 Å². The van der Waals surface area contributed by atoms with E-state index in [1.165, 1.54) is 0 Å². The van der Waals surface area contributed by atoms with Crippen molar-refractivity contribution in [1.82, 2.24) is 9.47 Å². The van der Waals surface area contributed by atoms with Gasteiger partial charge in [-0.3, -0.25) is 9.59 Å². The van der Waals surface area contributed by atoms with Crippen LogP contribution in [0.15, 0.2) is 36.5 Å². The van der Waals surface area contributed by atoms with E-state index in [4.69, 9.17) is 0 Å². The zero-order chi connectivity index (χ0) is 19.6. The fourth-order valence-corrected chi connectivity index (χ4v) is 4.21. The lowest BCUT2D eigenvalue weighted by Gasteiger charge is -2.19. The summed E-state index contributed by atoms with van der Waals surface area (Å²) in [4.78, 5) is 28.9. The van der Waals surface area contributed by atoms with Gasteiger partial charge in [-0.15, -0.1) is 11.3 Å². The van der Waals surface area contributed by atoms with Crippen molar-refractivity contribution < 1.29 is 9.59 Å². The highest BCUT2D eigenvalue weighted by atomic mass is 32.1. The highest BCUT2D eigenvalue weighted by Crippen LogP contribution is 2.24. The monoisotopic (exact) mass is 383 g/mol. The number of aryl methyl sites for hydroxylation is 2. The fraction of sp³-hybridized carbons (Fsp3) is 0.333. The number of carbonyl (C=O) groups excluding carboxylic acids is 2. The van der Waals surface area contributed by atoms with Gasteiger partial charge in [0.1, 0.15) is 6.54 Å². The van der Waals surface area contributed by atoms with Crippen LogP contribution >= 0.6 is 11.3 Å². The molecule has 3 aromatic rings. The van der Waals surface area contributed by atoms with Crippen molar-refractivity contribution in [2.75, 3.05) is 18.4 Å². The van der Waals surface area contributed by atoms with E-state index in [1.54, 1.807) is 11.3 Å². The molecular formula is C21H25N3O2S. The first-order valence-electron chi connectivity index (χ1n) is 9.18. The second-order valence-corrected chi connectivity index (χ2v) is 8.02. The maximum absolute atomic E-state index is 12.5. The first kappa shape index (κ1) is 19.2. The minimum Gasteiger partial charge on any atom is -0.342 e. The number of likely N-dealkylation sites (N-methyl/N-ethyl adjacent to an activating group) is 1. The molecule has 0 radical (unpaired) electrons. The predicted octanol–water partition coefficient (Wildman–Crippen LogP) is 4.44. The zero-order valence-corrected chi connectivity index (χ0v) is 17.0. The number of aromatic nitrogens is 1. The number of carbonyl (C=O) groups is 2. The summed E-state index contributed by atoms with van der Waals surface area (Å²) >= 11 is 1.63. The number of amides is 2. The second kappa shape index (κ2) is 7.96. The lowest BCUT2D eigenvalue weighted by atomic mass is 10.2. The average Bonchev–Trinajstić information content (AvgIpc) is 3.18. The minimum absolute atomic E-state index is 0.0904. The van der Waals surface area contributed by atoms with E-state index in [-0.39, 0.29) is 11.8 Å². The van der Waals surface area contributed by atoms with Gasteiger partial charge >= 0.3 is 0 Å². The van der Waals surface area contributed by atoms with Gasteiger partial charge in [0.15, 0.2) is 0 Å². The molecule has 0 fully saturated rings. The summed E-state index contributed by atoms with van der Waals surface area (Å²) in [5, 5.41) is 3.97. The Labute approximate surface area is 163 Å². The van der Waals surface area contributed by atoms with Crippen molar-refractivity contribution in [3.63, 3.8) is 0 Å². The molecule has 0 bridgehead atoms. The van der Waals surface area contributed by atoms with Crippen LogP contribution in [0.2, 0.25) is 0 Å². The van der Waals surface area contributed by atoms with Crippen molar-refractivity contribution in [1.29, 1.82) is 0 Å². The van der Waals surface area contributed by atoms with Gasteiger partial charge in [0.2, 0.25) is 5.91 Å². The normalized spacial score (nSPS) is 11.0. The number of hydrogen-bond acceptors (Lipinski definition) is 3. The molecule has 5 nitrogen and oxygen atoms in total. The third-order valence-corrected chi connectivity index (χ3v) is 5.70. The van der Waals surface area contributed by atoms with Gasteiger partial charge < -0.3 is 14.8 Å². The summed E-state index contributed by atoms with van der Waals surface area (Å²) < 4.78 is 1.95. The summed E-state index contributed by atoms with van der Waals surface area (Å²) in [6.45, 7) is 9.69. The van der Waals surface area contributed by atoms with E-state index >= 15 is 0 Å². The lowest BCUT2D eigenvalue weighted by molar-refractivity contribution is -0.131. The van der Waals surface area contributed by atoms with Gasteiger partial charge in [-0.1, -0.05) is 0 Å². The van der Waals surface area contributed by atoms with E-state index in [0.29, 0.717) is 19.6 Å². The molecular weight excluding hydrogens is 358 g/mol. The van der Waals surface area contributed by atoms with Gasteiger partial charge in [0.25, 0.3) is 5.91 Å². The SMILES string of the molecule is CCN(CC)C(=O)Cn1ccc2cc(NC(=O)c3cc(C)sc3C)ccc21. The largest absolute Gasteiger partial charge is 0.342 e. The van der Waals surface area contributed by atoms with Crippen LogP contribution in [0, 0.1) is 13.8 Å². The van der Waals surface area contributed by atoms with Crippen LogP contribution in [0.4, 0.5) is 5.69 Å². The highest BCUT2D eigenvalue weighted by Gasteiger charge is 2.14. The Kier molecular flexibility index (Phi) is 5.65. The van der Waals surface area contributed by atoms with E-state index in [0.717, 1.165) is 31.9 Å². The molecule has 6 heteroatoms. The quantitative estimate of drug-likeness (QED) is 0.684. The number of hydrogen-bond donors (Lipinski definition) is 1. The highest BCUT2D eigenvalue weighted by molar-refractivity contribution is 7.12. The Bertz CT molecular complexity index is 983. The van der Waals surface area contributed by atoms with Crippen molar-refractivity contribution in [3.8, 4) is 0 Å². The van der Waals surface area contributed by atoms with Crippen LogP contribution in [0.5, 0.6) is 0 Å². The lowest BCUT2D eigenvalue weighted by Crippen LogP contribution is -2.33. The molecule has 0 atom stereocenters. The first-order chi connectivity index (χ1) is 12.9. The van der Waals surface area contributed by atoms with Crippen molar-refractivity contribution in [3.05, 3.63) is 51.8 Å². The molecule has 0 aliphatic carbocycles. The van der Waals surface area contributed by atoms with Gasteiger partial charge in [0.05, 0.1) is 5.56 Å². The van der Waals surface area contributed by atoms with Crippen LogP contribution < -0.4 is 5.32 Å². The molecule has 0 aliphatic rings. The smallest absolute Gasteiger partial charge is 0.256 e. The Morgan fingerprint density at radius 2 is 1.85 bits per heavy atom. The number of anilines is 1. The Hall–Kier alpha value is -2.60. The topological polar surface area (TPSA) is 54.3 Å². The summed E-state index contributed by atoms with van der Waals surface area (Å²) in [6, 6.07) is 9.67.